The Labute approximate surface area is 121 Å². The predicted octanol–water partition coefficient (Wildman–Crippen LogP) is 2.25. The molecule has 1 aliphatic rings. The molecule has 1 aromatic rings. The minimum Gasteiger partial charge on any atom is -0.493 e. The van der Waals surface area contributed by atoms with Gasteiger partial charge in [0, 0.05) is 26.2 Å². The monoisotopic (exact) mass is 276 g/mol. The molecule has 4 nitrogen and oxygen atoms in total. The molecule has 0 aromatic heterocycles. The molecule has 0 saturated carbocycles. The Morgan fingerprint density at radius 3 is 2.50 bits per heavy atom. The third kappa shape index (κ3) is 3.51. The fourth-order valence-corrected chi connectivity index (χ4v) is 2.59. The van der Waals surface area contributed by atoms with Gasteiger partial charge in [0.2, 0.25) is 0 Å². The van der Waals surface area contributed by atoms with Crippen molar-refractivity contribution >= 4 is 5.91 Å². The minimum absolute atomic E-state index is 0.0881. The summed E-state index contributed by atoms with van der Waals surface area (Å²) < 4.78 is 5.55. The van der Waals surface area contributed by atoms with Crippen LogP contribution in [0.3, 0.4) is 0 Å². The molecule has 110 valence electrons. The smallest absolute Gasteiger partial charge is 0.257 e. The highest BCUT2D eigenvalue weighted by molar-refractivity contribution is 5.97. The molecule has 1 saturated heterocycles. The fraction of sp³-hybridized carbons (Fsp3) is 0.562. The summed E-state index contributed by atoms with van der Waals surface area (Å²) in [5.74, 6) is 0.779. The molecule has 1 aliphatic heterocycles. The molecule has 0 unspecified atom stereocenters. The maximum Gasteiger partial charge on any atom is 0.257 e. The zero-order chi connectivity index (χ0) is 14.4. The highest BCUT2D eigenvalue weighted by Gasteiger charge is 2.23. The molecule has 0 atom stereocenters. The molecule has 1 amide bonds. The Balaban J connectivity index is 2.02. The van der Waals surface area contributed by atoms with Crippen LogP contribution in [0.25, 0.3) is 0 Å². The van der Waals surface area contributed by atoms with Crippen molar-refractivity contribution in [2.24, 2.45) is 0 Å². The van der Waals surface area contributed by atoms with Crippen LogP contribution in [0.4, 0.5) is 0 Å². The van der Waals surface area contributed by atoms with E-state index >= 15 is 0 Å². The van der Waals surface area contributed by atoms with Gasteiger partial charge in [-0.3, -0.25) is 9.69 Å². The number of hydrogen-bond donors (Lipinski definition) is 0. The lowest BCUT2D eigenvalue weighted by molar-refractivity contribution is 0.0633. The van der Waals surface area contributed by atoms with Gasteiger partial charge in [0.15, 0.2) is 0 Å². The summed E-state index contributed by atoms with van der Waals surface area (Å²) in [7, 11) is 0. The van der Waals surface area contributed by atoms with E-state index in [0.29, 0.717) is 17.9 Å². The van der Waals surface area contributed by atoms with Crippen molar-refractivity contribution in [3.05, 3.63) is 29.8 Å². The number of benzene rings is 1. The van der Waals surface area contributed by atoms with Crippen molar-refractivity contribution in [3.8, 4) is 5.75 Å². The molecule has 1 heterocycles. The molecular formula is C16H24N2O2. The second-order valence-electron chi connectivity index (χ2n) is 5.06. The van der Waals surface area contributed by atoms with E-state index in [2.05, 4.69) is 11.8 Å². The van der Waals surface area contributed by atoms with Crippen LogP contribution in [-0.4, -0.2) is 55.0 Å². The molecule has 0 radical (unpaired) electrons. The maximum absolute atomic E-state index is 12.6. The number of para-hydroxylation sites is 1. The Morgan fingerprint density at radius 1 is 1.15 bits per heavy atom. The summed E-state index contributed by atoms with van der Waals surface area (Å²) in [4.78, 5) is 16.9. The van der Waals surface area contributed by atoms with Gasteiger partial charge >= 0.3 is 0 Å². The zero-order valence-corrected chi connectivity index (χ0v) is 12.5. The van der Waals surface area contributed by atoms with E-state index in [4.69, 9.17) is 4.74 Å². The summed E-state index contributed by atoms with van der Waals surface area (Å²) in [6, 6.07) is 7.51. The Bertz CT molecular complexity index is 440. The standard InChI is InChI=1S/C16H24N2O2/c1-3-9-17-10-12-18(13-11-17)16(19)14-7-5-6-8-15(14)20-4-2/h5-8H,3-4,9-13H2,1-2H3. The average Bonchev–Trinajstić information content (AvgIpc) is 2.49. The van der Waals surface area contributed by atoms with E-state index in [-0.39, 0.29) is 5.91 Å². The fourth-order valence-electron chi connectivity index (χ4n) is 2.59. The van der Waals surface area contributed by atoms with Gasteiger partial charge in [-0.1, -0.05) is 19.1 Å². The van der Waals surface area contributed by atoms with Crippen molar-refractivity contribution in [1.29, 1.82) is 0 Å². The van der Waals surface area contributed by atoms with Gasteiger partial charge in [-0.2, -0.15) is 0 Å². The first kappa shape index (κ1) is 14.9. The first-order valence-corrected chi connectivity index (χ1v) is 7.49. The van der Waals surface area contributed by atoms with Crippen LogP contribution in [0.5, 0.6) is 5.75 Å². The van der Waals surface area contributed by atoms with Crippen LogP contribution in [0, 0.1) is 0 Å². The second-order valence-corrected chi connectivity index (χ2v) is 5.06. The van der Waals surface area contributed by atoms with Crippen molar-refractivity contribution < 1.29 is 9.53 Å². The number of carbonyl (C=O) groups excluding carboxylic acids is 1. The number of ether oxygens (including phenoxy) is 1. The van der Waals surface area contributed by atoms with Gasteiger partial charge in [-0.05, 0) is 32.0 Å². The van der Waals surface area contributed by atoms with Gasteiger partial charge in [-0.25, -0.2) is 0 Å². The highest BCUT2D eigenvalue weighted by atomic mass is 16.5. The van der Waals surface area contributed by atoms with Gasteiger partial charge in [-0.15, -0.1) is 0 Å². The molecule has 0 bridgehead atoms. The SMILES string of the molecule is CCCN1CCN(C(=O)c2ccccc2OCC)CC1. The van der Waals surface area contributed by atoms with E-state index in [1.165, 1.54) is 6.42 Å². The van der Waals surface area contributed by atoms with Crippen LogP contribution < -0.4 is 4.74 Å². The topological polar surface area (TPSA) is 32.8 Å². The van der Waals surface area contributed by atoms with Crippen molar-refractivity contribution in [2.75, 3.05) is 39.3 Å². The van der Waals surface area contributed by atoms with Gasteiger partial charge in [0.25, 0.3) is 5.91 Å². The van der Waals surface area contributed by atoms with Crippen molar-refractivity contribution in [1.82, 2.24) is 9.80 Å². The number of amides is 1. The summed E-state index contributed by atoms with van der Waals surface area (Å²) in [5, 5.41) is 0. The van der Waals surface area contributed by atoms with Crippen LogP contribution in [0.1, 0.15) is 30.6 Å². The number of hydrogen-bond acceptors (Lipinski definition) is 3. The largest absolute Gasteiger partial charge is 0.493 e. The molecule has 4 heteroatoms. The first-order chi connectivity index (χ1) is 9.76. The summed E-state index contributed by atoms with van der Waals surface area (Å²) in [6.45, 7) is 9.37. The van der Waals surface area contributed by atoms with Gasteiger partial charge in [0.1, 0.15) is 5.75 Å². The summed E-state index contributed by atoms with van der Waals surface area (Å²) >= 11 is 0. The normalized spacial score (nSPS) is 16.2. The van der Waals surface area contributed by atoms with E-state index < -0.39 is 0 Å². The van der Waals surface area contributed by atoms with Gasteiger partial charge < -0.3 is 9.64 Å². The molecule has 0 aliphatic carbocycles. The van der Waals surface area contributed by atoms with Crippen molar-refractivity contribution in [3.63, 3.8) is 0 Å². The third-order valence-electron chi connectivity index (χ3n) is 3.62. The number of nitrogens with zero attached hydrogens (tertiary/aromatic N) is 2. The van der Waals surface area contributed by atoms with Crippen LogP contribution >= 0.6 is 0 Å². The van der Waals surface area contributed by atoms with E-state index in [1.807, 2.05) is 36.1 Å². The Morgan fingerprint density at radius 2 is 1.85 bits per heavy atom. The molecule has 20 heavy (non-hydrogen) atoms. The molecule has 2 rings (SSSR count). The number of rotatable bonds is 5. The first-order valence-electron chi connectivity index (χ1n) is 7.49. The number of carbonyl (C=O) groups is 1. The summed E-state index contributed by atoms with van der Waals surface area (Å²) in [6.07, 6.45) is 1.17. The van der Waals surface area contributed by atoms with E-state index in [1.54, 1.807) is 0 Å². The van der Waals surface area contributed by atoms with E-state index in [9.17, 15) is 4.79 Å². The van der Waals surface area contributed by atoms with Crippen LogP contribution in [0.2, 0.25) is 0 Å². The lowest BCUT2D eigenvalue weighted by Gasteiger charge is -2.34. The maximum atomic E-state index is 12.6. The zero-order valence-electron chi connectivity index (χ0n) is 12.5. The highest BCUT2D eigenvalue weighted by Crippen LogP contribution is 2.20. The van der Waals surface area contributed by atoms with Crippen LogP contribution in [0.15, 0.2) is 24.3 Å². The molecular weight excluding hydrogens is 252 g/mol. The molecule has 1 aromatic carbocycles. The predicted molar refractivity (Wildman–Crippen MR) is 80.2 cm³/mol. The molecule has 1 fully saturated rings. The van der Waals surface area contributed by atoms with Crippen LogP contribution in [-0.2, 0) is 0 Å². The number of piperazine rings is 1. The van der Waals surface area contributed by atoms with Gasteiger partial charge in [0.05, 0.1) is 12.2 Å². The Hall–Kier alpha value is -1.55. The average molecular weight is 276 g/mol. The second kappa shape index (κ2) is 7.29. The Kier molecular flexibility index (Phi) is 5.41. The third-order valence-corrected chi connectivity index (χ3v) is 3.62. The quantitative estimate of drug-likeness (QED) is 0.827. The van der Waals surface area contributed by atoms with E-state index in [0.717, 1.165) is 32.7 Å². The molecule has 0 N–H and O–H groups in total. The minimum atomic E-state index is 0.0881. The summed E-state index contributed by atoms with van der Waals surface area (Å²) in [5.41, 5.74) is 0.679. The lowest BCUT2D eigenvalue weighted by Crippen LogP contribution is -2.48. The van der Waals surface area contributed by atoms with Crippen molar-refractivity contribution in [2.45, 2.75) is 20.3 Å². The lowest BCUT2D eigenvalue weighted by atomic mass is 10.1. The molecule has 0 spiro atoms.